The highest BCUT2D eigenvalue weighted by Gasteiger charge is 2.22. The van der Waals surface area contributed by atoms with Gasteiger partial charge in [-0.2, -0.15) is 5.10 Å². The molecular formula is C16H16FN3O3. The fourth-order valence-electron chi connectivity index (χ4n) is 2.79. The summed E-state index contributed by atoms with van der Waals surface area (Å²) in [6.07, 6.45) is 3.39. The summed E-state index contributed by atoms with van der Waals surface area (Å²) in [7, 11) is 0. The van der Waals surface area contributed by atoms with Gasteiger partial charge in [-0.1, -0.05) is 6.07 Å². The van der Waals surface area contributed by atoms with E-state index in [1.165, 1.54) is 12.1 Å². The van der Waals surface area contributed by atoms with E-state index in [9.17, 15) is 14.0 Å². The SMILES string of the molecule is O=C(O)Cc1ccc(NC(=O)c2n[nH]c3c2CCCC3)cc1F. The number of aromatic amines is 1. The Bertz CT molecular complexity index is 770. The van der Waals surface area contributed by atoms with Crippen molar-refractivity contribution in [2.75, 3.05) is 5.32 Å². The lowest BCUT2D eigenvalue weighted by Crippen LogP contribution is -2.16. The number of carboxylic acid groups (broad SMARTS) is 1. The Kier molecular flexibility index (Phi) is 4.10. The van der Waals surface area contributed by atoms with Gasteiger partial charge < -0.3 is 10.4 Å². The van der Waals surface area contributed by atoms with Crippen molar-refractivity contribution in [3.8, 4) is 0 Å². The maximum absolute atomic E-state index is 13.8. The molecule has 120 valence electrons. The maximum Gasteiger partial charge on any atom is 0.307 e. The van der Waals surface area contributed by atoms with Gasteiger partial charge in [-0.15, -0.1) is 0 Å². The Morgan fingerprint density at radius 2 is 2.09 bits per heavy atom. The van der Waals surface area contributed by atoms with Gasteiger partial charge in [0.25, 0.3) is 5.91 Å². The molecule has 0 saturated heterocycles. The minimum Gasteiger partial charge on any atom is -0.481 e. The second-order valence-corrected chi connectivity index (χ2v) is 5.57. The van der Waals surface area contributed by atoms with E-state index in [-0.39, 0.29) is 11.3 Å². The van der Waals surface area contributed by atoms with Gasteiger partial charge in [0, 0.05) is 16.9 Å². The van der Waals surface area contributed by atoms with Crippen LogP contribution in [0.5, 0.6) is 0 Å². The van der Waals surface area contributed by atoms with Gasteiger partial charge in [0.05, 0.1) is 6.42 Å². The number of aliphatic carboxylic acids is 1. The number of H-pyrrole nitrogens is 1. The molecule has 1 aromatic heterocycles. The van der Waals surface area contributed by atoms with Gasteiger partial charge in [-0.3, -0.25) is 14.7 Å². The number of rotatable bonds is 4. The molecule has 1 aliphatic rings. The number of aromatic nitrogens is 2. The zero-order valence-electron chi connectivity index (χ0n) is 12.4. The molecule has 6 nitrogen and oxygen atoms in total. The van der Waals surface area contributed by atoms with Gasteiger partial charge in [0.2, 0.25) is 0 Å². The first kappa shape index (κ1) is 15.2. The van der Waals surface area contributed by atoms with Crippen LogP contribution in [-0.2, 0) is 24.1 Å². The number of aryl methyl sites for hydroxylation is 1. The van der Waals surface area contributed by atoms with Crippen LogP contribution in [-0.4, -0.2) is 27.2 Å². The minimum absolute atomic E-state index is 0.0765. The highest BCUT2D eigenvalue weighted by molar-refractivity contribution is 6.04. The highest BCUT2D eigenvalue weighted by atomic mass is 19.1. The topological polar surface area (TPSA) is 95.1 Å². The Morgan fingerprint density at radius 1 is 1.30 bits per heavy atom. The van der Waals surface area contributed by atoms with Crippen LogP contribution in [0.3, 0.4) is 0 Å². The number of nitrogens with zero attached hydrogens (tertiary/aromatic N) is 1. The summed E-state index contributed by atoms with van der Waals surface area (Å²) < 4.78 is 13.8. The molecule has 1 aromatic carbocycles. The molecule has 23 heavy (non-hydrogen) atoms. The molecule has 3 rings (SSSR count). The van der Waals surface area contributed by atoms with Crippen LogP contribution < -0.4 is 5.32 Å². The van der Waals surface area contributed by atoms with Crippen LogP contribution in [0.2, 0.25) is 0 Å². The number of nitrogens with one attached hydrogen (secondary N) is 2. The third-order valence-electron chi connectivity index (χ3n) is 3.92. The largest absolute Gasteiger partial charge is 0.481 e. The predicted molar refractivity (Wildman–Crippen MR) is 80.9 cm³/mol. The molecule has 0 saturated carbocycles. The number of fused-ring (bicyclic) bond motifs is 1. The lowest BCUT2D eigenvalue weighted by atomic mass is 9.96. The summed E-state index contributed by atoms with van der Waals surface area (Å²) in [5, 5.41) is 18.3. The van der Waals surface area contributed by atoms with Gasteiger partial charge >= 0.3 is 5.97 Å². The van der Waals surface area contributed by atoms with Gasteiger partial charge in [-0.05, 0) is 43.4 Å². The van der Waals surface area contributed by atoms with Crippen LogP contribution >= 0.6 is 0 Å². The zero-order chi connectivity index (χ0) is 16.4. The second kappa shape index (κ2) is 6.20. The second-order valence-electron chi connectivity index (χ2n) is 5.57. The third-order valence-corrected chi connectivity index (χ3v) is 3.92. The molecule has 0 bridgehead atoms. The fourth-order valence-corrected chi connectivity index (χ4v) is 2.79. The quantitative estimate of drug-likeness (QED) is 0.806. The fraction of sp³-hybridized carbons (Fsp3) is 0.312. The van der Waals surface area contributed by atoms with Crippen molar-refractivity contribution in [2.24, 2.45) is 0 Å². The summed E-state index contributed by atoms with van der Waals surface area (Å²) in [5.41, 5.74) is 2.61. The van der Waals surface area contributed by atoms with E-state index in [4.69, 9.17) is 5.11 Å². The molecule has 1 heterocycles. The van der Waals surface area contributed by atoms with E-state index >= 15 is 0 Å². The van der Waals surface area contributed by atoms with Crippen LogP contribution in [0.4, 0.5) is 10.1 Å². The number of hydrogen-bond acceptors (Lipinski definition) is 3. The van der Waals surface area contributed by atoms with E-state index in [1.54, 1.807) is 0 Å². The molecule has 0 aliphatic heterocycles. The van der Waals surface area contributed by atoms with Crippen molar-refractivity contribution in [3.05, 3.63) is 46.5 Å². The first-order valence-electron chi connectivity index (χ1n) is 7.42. The number of carbonyl (C=O) groups excluding carboxylic acids is 1. The smallest absolute Gasteiger partial charge is 0.307 e. The number of anilines is 1. The first-order chi connectivity index (χ1) is 11.0. The highest BCUT2D eigenvalue weighted by Crippen LogP contribution is 2.23. The molecular weight excluding hydrogens is 301 g/mol. The third kappa shape index (κ3) is 3.23. The normalized spacial score (nSPS) is 13.4. The first-order valence-corrected chi connectivity index (χ1v) is 7.42. The van der Waals surface area contributed by atoms with Crippen molar-refractivity contribution in [3.63, 3.8) is 0 Å². The van der Waals surface area contributed by atoms with Crippen LogP contribution in [0.15, 0.2) is 18.2 Å². The van der Waals surface area contributed by atoms with Crippen molar-refractivity contribution in [2.45, 2.75) is 32.1 Å². The number of benzene rings is 1. The minimum atomic E-state index is -1.11. The molecule has 0 atom stereocenters. The van der Waals surface area contributed by atoms with Crippen LogP contribution in [0.25, 0.3) is 0 Å². The van der Waals surface area contributed by atoms with Gasteiger partial charge in [-0.25, -0.2) is 4.39 Å². The maximum atomic E-state index is 13.8. The monoisotopic (exact) mass is 317 g/mol. The molecule has 2 aromatic rings. The number of hydrogen-bond donors (Lipinski definition) is 3. The van der Waals surface area contributed by atoms with E-state index in [0.717, 1.165) is 43.0 Å². The predicted octanol–water partition coefficient (Wildman–Crippen LogP) is 2.31. The Morgan fingerprint density at radius 3 is 2.83 bits per heavy atom. The van der Waals surface area contributed by atoms with Crippen molar-refractivity contribution < 1.29 is 19.1 Å². The number of amides is 1. The molecule has 0 spiro atoms. The Hall–Kier alpha value is -2.70. The van der Waals surface area contributed by atoms with E-state index in [1.807, 2.05) is 0 Å². The zero-order valence-corrected chi connectivity index (χ0v) is 12.4. The summed E-state index contributed by atoms with van der Waals surface area (Å²) in [4.78, 5) is 22.9. The van der Waals surface area contributed by atoms with E-state index in [0.29, 0.717) is 5.69 Å². The van der Waals surface area contributed by atoms with Crippen molar-refractivity contribution >= 4 is 17.6 Å². The van der Waals surface area contributed by atoms with E-state index in [2.05, 4.69) is 15.5 Å². The van der Waals surface area contributed by atoms with E-state index < -0.39 is 24.1 Å². The summed E-state index contributed by atoms with van der Waals surface area (Å²) >= 11 is 0. The number of carbonyl (C=O) groups is 2. The van der Waals surface area contributed by atoms with Crippen LogP contribution in [0.1, 0.15) is 40.2 Å². The van der Waals surface area contributed by atoms with Crippen molar-refractivity contribution in [1.29, 1.82) is 0 Å². The Balaban J connectivity index is 1.77. The molecule has 0 unspecified atom stereocenters. The average molecular weight is 317 g/mol. The average Bonchev–Trinajstić information content (AvgIpc) is 2.94. The number of carboxylic acids is 1. The van der Waals surface area contributed by atoms with Crippen molar-refractivity contribution in [1.82, 2.24) is 10.2 Å². The molecule has 0 radical (unpaired) electrons. The Labute approximate surface area is 131 Å². The van der Waals surface area contributed by atoms with Crippen LogP contribution in [0, 0.1) is 5.82 Å². The summed E-state index contributed by atoms with van der Waals surface area (Å²) in [5.74, 6) is -2.16. The lowest BCUT2D eigenvalue weighted by molar-refractivity contribution is -0.136. The summed E-state index contributed by atoms with van der Waals surface area (Å²) in [6, 6.07) is 3.96. The van der Waals surface area contributed by atoms with Gasteiger partial charge in [0.15, 0.2) is 5.69 Å². The number of halogens is 1. The van der Waals surface area contributed by atoms with Gasteiger partial charge in [0.1, 0.15) is 5.82 Å². The molecule has 3 N–H and O–H groups in total. The molecule has 7 heteroatoms. The molecule has 0 fully saturated rings. The standard InChI is InChI=1S/C16H16FN3O3/c17-12-8-10(6-5-9(12)7-14(21)22)18-16(23)15-11-3-1-2-4-13(11)19-20-15/h5-6,8H,1-4,7H2,(H,18,23)(H,19,20)(H,21,22). The lowest BCUT2D eigenvalue weighted by Gasteiger charge is -2.11. The molecule has 1 amide bonds. The summed E-state index contributed by atoms with van der Waals surface area (Å²) in [6.45, 7) is 0. The molecule has 1 aliphatic carbocycles.